The summed E-state index contributed by atoms with van der Waals surface area (Å²) in [6.07, 6.45) is 1.94. The third-order valence-corrected chi connectivity index (χ3v) is 5.91. The molecule has 2 unspecified atom stereocenters. The highest BCUT2D eigenvalue weighted by Crippen LogP contribution is 2.40. The van der Waals surface area contributed by atoms with Crippen molar-refractivity contribution in [1.82, 2.24) is 10.2 Å². The number of hydrogen-bond donors (Lipinski definition) is 1. The van der Waals surface area contributed by atoms with Gasteiger partial charge in [0, 0.05) is 36.7 Å². The highest BCUT2D eigenvalue weighted by molar-refractivity contribution is 5.95. The Hall–Kier alpha value is -3.02. The molecule has 1 fully saturated rings. The van der Waals surface area contributed by atoms with Crippen LogP contribution in [0, 0.1) is 12.8 Å². The monoisotopic (exact) mass is 424 g/mol. The van der Waals surface area contributed by atoms with Gasteiger partial charge < -0.3 is 19.7 Å². The Kier molecular flexibility index (Phi) is 7.55. The minimum atomic E-state index is -0.354. The number of hydrogen-bond acceptors (Lipinski definition) is 4. The number of amides is 2. The first-order valence-corrected chi connectivity index (χ1v) is 10.8. The van der Waals surface area contributed by atoms with Gasteiger partial charge in [-0.2, -0.15) is 0 Å². The van der Waals surface area contributed by atoms with E-state index >= 15 is 0 Å². The van der Waals surface area contributed by atoms with Crippen LogP contribution in [0.25, 0.3) is 0 Å². The van der Waals surface area contributed by atoms with Gasteiger partial charge in [-0.25, -0.2) is 0 Å². The molecule has 6 nitrogen and oxygen atoms in total. The molecule has 0 bridgehead atoms. The Labute approximate surface area is 184 Å². The largest absolute Gasteiger partial charge is 0.497 e. The van der Waals surface area contributed by atoms with Gasteiger partial charge in [-0.15, -0.1) is 0 Å². The van der Waals surface area contributed by atoms with Gasteiger partial charge in [0.15, 0.2) is 0 Å². The molecule has 2 aromatic rings. The quantitative estimate of drug-likeness (QED) is 0.655. The molecule has 0 radical (unpaired) electrons. The van der Waals surface area contributed by atoms with Crippen molar-refractivity contribution in [2.75, 3.05) is 33.9 Å². The third kappa shape index (κ3) is 5.19. The Morgan fingerprint density at radius 1 is 1.06 bits per heavy atom. The highest BCUT2D eigenvalue weighted by atomic mass is 16.5. The maximum atomic E-state index is 13.2. The van der Waals surface area contributed by atoms with E-state index in [9.17, 15) is 9.59 Å². The van der Waals surface area contributed by atoms with Crippen LogP contribution in [0.2, 0.25) is 0 Å². The summed E-state index contributed by atoms with van der Waals surface area (Å²) < 4.78 is 11.0. The third-order valence-electron chi connectivity index (χ3n) is 5.91. The van der Waals surface area contributed by atoms with Crippen LogP contribution in [-0.2, 0) is 4.79 Å². The van der Waals surface area contributed by atoms with Crippen molar-refractivity contribution in [3.8, 4) is 11.5 Å². The standard InChI is InChI=1S/C25H32N2O4/c1-5-6-13-26-24(28)22-16-27(25(29)18-9-7-17(2)8-10-18)15-21(22)20-14-19(30-3)11-12-23(20)31-4/h7-12,14,21-22H,5-6,13,15-16H2,1-4H3,(H,26,28). The van der Waals surface area contributed by atoms with Gasteiger partial charge in [0.2, 0.25) is 5.91 Å². The number of aryl methyl sites for hydroxylation is 1. The van der Waals surface area contributed by atoms with E-state index in [0.29, 0.717) is 36.7 Å². The summed E-state index contributed by atoms with van der Waals surface area (Å²) in [6, 6.07) is 13.1. The summed E-state index contributed by atoms with van der Waals surface area (Å²) >= 11 is 0. The molecule has 0 aromatic heterocycles. The number of rotatable bonds is 8. The normalized spacial score (nSPS) is 18.0. The molecule has 1 N–H and O–H groups in total. The molecule has 6 heteroatoms. The Morgan fingerprint density at radius 2 is 1.81 bits per heavy atom. The van der Waals surface area contributed by atoms with Gasteiger partial charge in [0.05, 0.1) is 20.1 Å². The van der Waals surface area contributed by atoms with Crippen molar-refractivity contribution < 1.29 is 19.1 Å². The molecule has 1 heterocycles. The van der Waals surface area contributed by atoms with Crippen LogP contribution < -0.4 is 14.8 Å². The number of methoxy groups -OCH3 is 2. The van der Waals surface area contributed by atoms with E-state index in [-0.39, 0.29) is 23.7 Å². The summed E-state index contributed by atoms with van der Waals surface area (Å²) in [5.41, 5.74) is 2.62. The lowest BCUT2D eigenvalue weighted by atomic mass is 9.87. The smallest absolute Gasteiger partial charge is 0.253 e. The summed E-state index contributed by atoms with van der Waals surface area (Å²) in [4.78, 5) is 28.0. The van der Waals surface area contributed by atoms with Crippen LogP contribution in [-0.4, -0.2) is 50.6 Å². The molecule has 0 spiro atoms. The van der Waals surface area contributed by atoms with Crippen molar-refractivity contribution in [2.45, 2.75) is 32.6 Å². The molecule has 3 rings (SSSR count). The lowest BCUT2D eigenvalue weighted by Crippen LogP contribution is -2.36. The number of nitrogens with one attached hydrogen (secondary N) is 1. The van der Waals surface area contributed by atoms with E-state index in [1.165, 1.54) is 0 Å². The van der Waals surface area contributed by atoms with E-state index in [4.69, 9.17) is 9.47 Å². The van der Waals surface area contributed by atoms with Gasteiger partial charge in [-0.1, -0.05) is 31.0 Å². The maximum Gasteiger partial charge on any atom is 0.253 e. The molecule has 1 aliphatic rings. The van der Waals surface area contributed by atoms with Crippen LogP contribution in [0.1, 0.15) is 47.2 Å². The van der Waals surface area contributed by atoms with Crippen molar-refractivity contribution in [2.24, 2.45) is 5.92 Å². The van der Waals surface area contributed by atoms with E-state index < -0.39 is 0 Å². The number of benzene rings is 2. The number of likely N-dealkylation sites (tertiary alicyclic amines) is 1. The number of ether oxygens (including phenoxy) is 2. The molecule has 166 valence electrons. The molecule has 0 aliphatic carbocycles. The maximum absolute atomic E-state index is 13.2. The van der Waals surface area contributed by atoms with Crippen molar-refractivity contribution in [3.63, 3.8) is 0 Å². The zero-order chi connectivity index (χ0) is 22.4. The Morgan fingerprint density at radius 3 is 2.45 bits per heavy atom. The van der Waals surface area contributed by atoms with E-state index in [2.05, 4.69) is 12.2 Å². The van der Waals surface area contributed by atoms with Crippen LogP contribution in [0.15, 0.2) is 42.5 Å². The van der Waals surface area contributed by atoms with E-state index in [1.807, 2.05) is 49.4 Å². The number of carbonyl (C=O) groups is 2. The lowest BCUT2D eigenvalue weighted by molar-refractivity contribution is -0.124. The molecule has 0 saturated carbocycles. The van der Waals surface area contributed by atoms with Gasteiger partial charge in [0.25, 0.3) is 5.91 Å². The SMILES string of the molecule is CCCCNC(=O)C1CN(C(=O)c2ccc(C)cc2)CC1c1cc(OC)ccc1OC. The van der Waals surface area contributed by atoms with Crippen molar-refractivity contribution >= 4 is 11.8 Å². The number of unbranched alkanes of at least 4 members (excludes halogenated alkanes) is 1. The Bertz CT molecular complexity index is 910. The van der Waals surface area contributed by atoms with Crippen LogP contribution in [0.3, 0.4) is 0 Å². The second-order valence-electron chi connectivity index (χ2n) is 8.04. The van der Waals surface area contributed by atoms with Gasteiger partial charge in [-0.3, -0.25) is 9.59 Å². The second kappa shape index (κ2) is 10.3. The zero-order valence-electron chi connectivity index (χ0n) is 18.8. The van der Waals surface area contributed by atoms with Gasteiger partial charge in [0.1, 0.15) is 11.5 Å². The first-order valence-electron chi connectivity index (χ1n) is 10.8. The minimum Gasteiger partial charge on any atom is -0.497 e. The van der Waals surface area contributed by atoms with Crippen LogP contribution in [0.4, 0.5) is 0 Å². The highest BCUT2D eigenvalue weighted by Gasteiger charge is 2.41. The van der Waals surface area contributed by atoms with Gasteiger partial charge in [-0.05, 0) is 43.7 Å². The average Bonchev–Trinajstić information content (AvgIpc) is 3.24. The molecule has 2 amide bonds. The van der Waals surface area contributed by atoms with E-state index in [0.717, 1.165) is 24.0 Å². The predicted molar refractivity (Wildman–Crippen MR) is 121 cm³/mol. The molecule has 31 heavy (non-hydrogen) atoms. The zero-order valence-corrected chi connectivity index (χ0v) is 18.8. The first kappa shape index (κ1) is 22.7. The Balaban J connectivity index is 1.91. The van der Waals surface area contributed by atoms with Crippen molar-refractivity contribution in [1.29, 1.82) is 0 Å². The minimum absolute atomic E-state index is 0.0254. The average molecular weight is 425 g/mol. The summed E-state index contributed by atoms with van der Waals surface area (Å²) in [6.45, 7) is 5.54. The first-order chi connectivity index (χ1) is 15.0. The second-order valence-corrected chi connectivity index (χ2v) is 8.04. The number of nitrogens with zero attached hydrogens (tertiary/aromatic N) is 1. The van der Waals surface area contributed by atoms with Crippen LogP contribution >= 0.6 is 0 Å². The predicted octanol–water partition coefficient (Wildman–Crippen LogP) is 3.78. The fraction of sp³-hybridized carbons (Fsp3) is 0.440. The molecule has 2 aromatic carbocycles. The number of carbonyl (C=O) groups excluding carboxylic acids is 2. The molecule has 1 saturated heterocycles. The molecular formula is C25H32N2O4. The summed E-state index contributed by atoms with van der Waals surface area (Å²) in [5.74, 6) is 0.776. The molecule has 2 atom stereocenters. The fourth-order valence-corrected chi connectivity index (χ4v) is 4.08. The topological polar surface area (TPSA) is 67.9 Å². The molecular weight excluding hydrogens is 392 g/mol. The van der Waals surface area contributed by atoms with Crippen molar-refractivity contribution in [3.05, 3.63) is 59.2 Å². The van der Waals surface area contributed by atoms with E-state index in [1.54, 1.807) is 19.1 Å². The fourth-order valence-electron chi connectivity index (χ4n) is 4.08. The summed E-state index contributed by atoms with van der Waals surface area (Å²) in [5, 5.41) is 3.05. The summed E-state index contributed by atoms with van der Waals surface area (Å²) in [7, 11) is 3.23. The molecule has 1 aliphatic heterocycles. The van der Waals surface area contributed by atoms with Crippen LogP contribution in [0.5, 0.6) is 11.5 Å². The lowest BCUT2D eigenvalue weighted by Gasteiger charge is -2.21. The van der Waals surface area contributed by atoms with Gasteiger partial charge >= 0.3 is 0 Å².